The second kappa shape index (κ2) is 17.4. The molecule has 2 fully saturated rings. The van der Waals surface area contributed by atoms with E-state index in [1.165, 1.54) is 33.4 Å². The van der Waals surface area contributed by atoms with Crippen LogP contribution in [0.3, 0.4) is 0 Å². The van der Waals surface area contributed by atoms with E-state index in [4.69, 9.17) is 10.5 Å². The summed E-state index contributed by atoms with van der Waals surface area (Å²) in [5.74, 6) is -0.287. The van der Waals surface area contributed by atoms with Crippen LogP contribution in [0.15, 0.2) is 84.9 Å². The van der Waals surface area contributed by atoms with Gasteiger partial charge < -0.3 is 26.2 Å². The van der Waals surface area contributed by atoms with E-state index in [9.17, 15) is 24.3 Å². The van der Waals surface area contributed by atoms with Crippen LogP contribution < -0.4 is 21.7 Å². The lowest BCUT2D eigenvalue weighted by Crippen LogP contribution is -2.60. The number of aromatic hydroxyl groups is 1. The lowest BCUT2D eigenvalue weighted by atomic mass is 9.49. The van der Waals surface area contributed by atoms with Gasteiger partial charge in [0.25, 0.3) is 0 Å². The fourth-order valence-corrected chi connectivity index (χ4v) is 13.6. The number of fused-ring (bicyclic) bond motifs is 9. The third-order valence-corrected chi connectivity index (χ3v) is 17.1. The third-order valence-electron chi connectivity index (χ3n) is 17.1. The van der Waals surface area contributed by atoms with Crippen molar-refractivity contribution < 1.29 is 29.0 Å². The van der Waals surface area contributed by atoms with Crippen molar-refractivity contribution >= 4 is 29.5 Å². The molecular weight excluding hydrogens is 813 g/mol. The van der Waals surface area contributed by atoms with Gasteiger partial charge in [0.2, 0.25) is 17.7 Å². The van der Waals surface area contributed by atoms with Crippen LogP contribution in [-0.4, -0.2) is 48.1 Å². The molecule has 7 atom stereocenters. The second-order valence-electron chi connectivity index (χ2n) is 20.9. The summed E-state index contributed by atoms with van der Waals surface area (Å²) in [6, 6.07) is 27.6. The molecule has 0 spiro atoms. The topological polar surface area (TPSA) is 160 Å². The van der Waals surface area contributed by atoms with Crippen molar-refractivity contribution in [3.8, 4) is 16.9 Å². The normalized spacial score (nSPS) is 27.9. The fourth-order valence-electron chi connectivity index (χ4n) is 13.6. The summed E-state index contributed by atoms with van der Waals surface area (Å²) in [5, 5.41) is 19.4. The lowest BCUT2D eigenvalue weighted by molar-refractivity contribution is -0.150. The Hall–Kier alpha value is -5.48. The number of alkyl carbamates (subject to hydrolysis) is 1. The van der Waals surface area contributed by atoms with Gasteiger partial charge in [0.15, 0.2) is 0 Å². The molecule has 4 aromatic carbocycles. The first-order chi connectivity index (χ1) is 31.2. The van der Waals surface area contributed by atoms with Gasteiger partial charge in [-0.1, -0.05) is 101 Å². The number of unbranched alkanes of at least 4 members (excludes halogenated alkanes) is 1. The van der Waals surface area contributed by atoms with Crippen molar-refractivity contribution in [2.75, 3.05) is 18.5 Å². The fraction of sp³-hybridized carbons (Fsp3) is 0.491. The van der Waals surface area contributed by atoms with Gasteiger partial charge in [-0.3, -0.25) is 19.7 Å². The number of benzene rings is 4. The maximum atomic E-state index is 14.6. The molecule has 5 aliphatic rings. The molecule has 0 aromatic heterocycles. The van der Waals surface area contributed by atoms with E-state index < -0.39 is 23.0 Å². The average Bonchev–Trinajstić information content (AvgIpc) is 3.61. The van der Waals surface area contributed by atoms with Crippen LogP contribution in [0.4, 0.5) is 10.5 Å². The lowest BCUT2D eigenvalue weighted by Gasteiger charge is -2.56. The van der Waals surface area contributed by atoms with E-state index in [1.807, 2.05) is 42.5 Å². The number of hydrogen-bond acceptors (Lipinski definition) is 7. The molecule has 0 saturated heterocycles. The molecule has 9 rings (SSSR count). The summed E-state index contributed by atoms with van der Waals surface area (Å²) in [5.41, 5.74) is 14.5. The van der Waals surface area contributed by atoms with E-state index in [0.29, 0.717) is 37.9 Å². The Morgan fingerprint density at radius 3 is 1.88 bits per heavy atom. The summed E-state index contributed by atoms with van der Waals surface area (Å²) in [7, 11) is 0. The number of amides is 4. The molecule has 2 saturated carbocycles. The molecule has 4 amide bonds. The first kappa shape index (κ1) is 44.7. The number of carbonyl (C=O) groups excluding carboxylic acids is 4. The highest BCUT2D eigenvalue weighted by Gasteiger charge is 2.58. The molecule has 10 nitrogen and oxygen atoms in total. The number of aryl methyl sites for hydroxylation is 2. The number of nitrogens with one attached hydrogen (secondary N) is 3. The zero-order valence-electron chi connectivity index (χ0n) is 38.6. The molecule has 0 heterocycles. The van der Waals surface area contributed by atoms with Crippen molar-refractivity contribution in [1.29, 1.82) is 0 Å². The predicted molar refractivity (Wildman–Crippen MR) is 253 cm³/mol. The minimum absolute atomic E-state index is 0.00190. The molecule has 0 unspecified atom stereocenters. The van der Waals surface area contributed by atoms with Crippen LogP contribution in [0, 0.1) is 22.7 Å². The van der Waals surface area contributed by atoms with Gasteiger partial charge in [0.05, 0.1) is 16.9 Å². The van der Waals surface area contributed by atoms with Gasteiger partial charge >= 0.3 is 6.09 Å². The smallest absolute Gasteiger partial charge is 0.407 e. The number of phenolic OH excluding ortho intramolecular Hbond substituents is 1. The average molecular weight is 879 g/mol. The van der Waals surface area contributed by atoms with Crippen molar-refractivity contribution in [1.82, 2.24) is 10.6 Å². The summed E-state index contributed by atoms with van der Waals surface area (Å²) in [4.78, 5) is 55.2. The van der Waals surface area contributed by atoms with Gasteiger partial charge in [0.1, 0.15) is 12.4 Å². The Kier molecular flexibility index (Phi) is 12.0. The molecule has 0 aliphatic heterocycles. The monoisotopic (exact) mass is 878 g/mol. The molecule has 0 radical (unpaired) electrons. The van der Waals surface area contributed by atoms with Crippen molar-refractivity contribution in [2.24, 2.45) is 28.4 Å². The number of phenols is 1. The number of anilines is 1. The highest BCUT2D eigenvalue weighted by Crippen LogP contribution is 2.60. The predicted octanol–water partition coefficient (Wildman–Crippen LogP) is 9.73. The minimum Gasteiger partial charge on any atom is -0.508 e. The van der Waals surface area contributed by atoms with Crippen LogP contribution in [-0.2, 0) is 42.8 Å². The SMILES string of the molecule is C[C@]1(C(=O)NC(=O)[C@@]2(C)CCC[C@]3(C)c4cc(NC(=O)[C@@H](N)CCCCNC(=O)OCC5c6ccccc6-c6ccccc65)ccc4CC[C@@H]23)CCC[C@]2(C)c3cc(O)ccc3CC[C@@H]12. The van der Waals surface area contributed by atoms with Crippen LogP contribution >= 0.6 is 0 Å². The van der Waals surface area contributed by atoms with E-state index in [2.05, 4.69) is 80.0 Å². The molecule has 342 valence electrons. The second-order valence-corrected chi connectivity index (χ2v) is 20.9. The first-order valence-electron chi connectivity index (χ1n) is 24.1. The van der Waals surface area contributed by atoms with Crippen LogP contribution in [0.5, 0.6) is 5.75 Å². The number of rotatable bonds is 11. The van der Waals surface area contributed by atoms with Gasteiger partial charge in [-0.25, -0.2) is 4.79 Å². The Bertz CT molecular complexity index is 2480. The molecule has 10 heteroatoms. The van der Waals surface area contributed by atoms with Gasteiger partial charge in [-0.15, -0.1) is 0 Å². The quantitative estimate of drug-likeness (QED) is 0.0741. The zero-order chi connectivity index (χ0) is 45.7. The third kappa shape index (κ3) is 7.93. The van der Waals surface area contributed by atoms with E-state index in [0.717, 1.165) is 68.9 Å². The molecule has 0 bridgehead atoms. The number of hydrogen-bond donors (Lipinski definition) is 5. The molecular formula is C55H66N4O6. The van der Waals surface area contributed by atoms with Crippen LogP contribution in [0.1, 0.15) is 138 Å². The van der Waals surface area contributed by atoms with Gasteiger partial charge in [-0.2, -0.15) is 0 Å². The Balaban J connectivity index is 0.780. The maximum absolute atomic E-state index is 14.6. The standard InChI is InChI=1S/C55H66N4O6/c1-52-26-11-28-54(3,49(62)59-50(63)55(4)29-12-27-53(2)44-32-37(60)23-19-35(44)21-25-47(53)55)46(52)24-20-34-18-22-36(31-43(34)52)58-48(61)45(56)17-9-10-30-57-51(64)65-33-42-40-15-7-5-13-38(40)39-14-6-8-16-41(39)42/h5-8,13-16,18-19,22-23,31-32,42,45-47,60H,9-12,17,20-21,24-30,33,56H2,1-4H3,(H,57,64)(H,58,61)(H,59,62,63)/t45-,46+,47+,52+,53+,54-,55-/m0/s1. The molecule has 65 heavy (non-hydrogen) atoms. The van der Waals surface area contributed by atoms with Gasteiger partial charge in [0, 0.05) is 18.2 Å². The van der Waals surface area contributed by atoms with Crippen LogP contribution in [0.25, 0.3) is 11.1 Å². The minimum atomic E-state index is -0.749. The number of carbonyl (C=O) groups is 4. The highest BCUT2D eigenvalue weighted by atomic mass is 16.5. The van der Waals surface area contributed by atoms with E-state index in [-0.39, 0.29) is 58.7 Å². The van der Waals surface area contributed by atoms with Crippen LogP contribution in [0.2, 0.25) is 0 Å². The first-order valence-corrected chi connectivity index (χ1v) is 24.1. The van der Waals surface area contributed by atoms with E-state index >= 15 is 0 Å². The summed E-state index contributed by atoms with van der Waals surface area (Å²) >= 11 is 0. The Labute approximate surface area is 383 Å². The molecule has 4 aromatic rings. The summed E-state index contributed by atoms with van der Waals surface area (Å²) < 4.78 is 5.67. The number of nitrogens with two attached hydrogens (primary N) is 1. The maximum Gasteiger partial charge on any atom is 0.407 e. The van der Waals surface area contributed by atoms with Gasteiger partial charge in [-0.05, 0) is 162 Å². The largest absolute Gasteiger partial charge is 0.508 e. The van der Waals surface area contributed by atoms with Crippen molar-refractivity contribution in [3.05, 3.63) is 118 Å². The Morgan fingerprint density at radius 1 is 0.723 bits per heavy atom. The Morgan fingerprint density at radius 2 is 1.28 bits per heavy atom. The molecule has 6 N–H and O–H groups in total. The zero-order valence-corrected chi connectivity index (χ0v) is 38.6. The van der Waals surface area contributed by atoms with Crippen molar-refractivity contribution in [2.45, 2.75) is 134 Å². The summed E-state index contributed by atoms with van der Waals surface area (Å²) in [6.07, 6.45) is 9.70. The van der Waals surface area contributed by atoms with E-state index in [1.54, 1.807) is 6.07 Å². The summed E-state index contributed by atoms with van der Waals surface area (Å²) in [6.45, 7) is 9.31. The van der Waals surface area contributed by atoms with Crippen molar-refractivity contribution in [3.63, 3.8) is 0 Å². The number of ether oxygens (including phenoxy) is 1. The highest BCUT2D eigenvalue weighted by molar-refractivity contribution is 6.01. The number of imide groups is 1. The molecule has 5 aliphatic carbocycles.